The summed E-state index contributed by atoms with van der Waals surface area (Å²) in [4.78, 5) is 10.4. The Labute approximate surface area is 133 Å². The molecule has 2 aliphatic carbocycles. The van der Waals surface area contributed by atoms with Gasteiger partial charge in [-0.25, -0.2) is 0 Å². The van der Waals surface area contributed by atoms with Crippen molar-refractivity contribution < 1.29 is 4.92 Å². The van der Waals surface area contributed by atoms with E-state index in [-0.39, 0.29) is 5.69 Å². The van der Waals surface area contributed by atoms with E-state index in [0.29, 0.717) is 29.1 Å². The van der Waals surface area contributed by atoms with Crippen molar-refractivity contribution in [2.24, 2.45) is 5.92 Å². The number of non-ortho nitro benzene ring substituents is 1. The van der Waals surface area contributed by atoms with Crippen molar-refractivity contribution in [2.45, 2.75) is 24.8 Å². The molecule has 2 aliphatic rings. The first-order valence-corrected chi connectivity index (χ1v) is 7.72. The molecule has 0 aliphatic heterocycles. The van der Waals surface area contributed by atoms with Gasteiger partial charge in [-0.2, -0.15) is 5.26 Å². The van der Waals surface area contributed by atoms with Crippen molar-refractivity contribution in [3.63, 3.8) is 0 Å². The van der Waals surface area contributed by atoms with Gasteiger partial charge in [0.25, 0.3) is 5.69 Å². The second-order valence-electron chi connectivity index (χ2n) is 6.20. The lowest BCUT2D eigenvalue weighted by atomic mass is 9.92. The van der Waals surface area contributed by atoms with Crippen LogP contribution in [0.15, 0.2) is 42.5 Å². The molecule has 114 valence electrons. The molecule has 4 rings (SSSR count). The summed E-state index contributed by atoms with van der Waals surface area (Å²) in [7, 11) is 0. The van der Waals surface area contributed by atoms with Gasteiger partial charge in [-0.05, 0) is 36.0 Å². The monoisotopic (exact) mass is 305 g/mol. The van der Waals surface area contributed by atoms with Crippen molar-refractivity contribution in [3.05, 3.63) is 69.3 Å². The molecule has 1 N–H and O–H groups in total. The quantitative estimate of drug-likeness (QED) is 0.694. The molecule has 5 heteroatoms. The molecule has 2 aromatic carbocycles. The summed E-state index contributed by atoms with van der Waals surface area (Å²) in [5, 5.41) is 23.5. The number of nitrogens with zero attached hydrogens (tertiary/aromatic N) is 2. The zero-order chi connectivity index (χ0) is 16.0. The van der Waals surface area contributed by atoms with E-state index in [1.807, 2.05) is 0 Å². The van der Waals surface area contributed by atoms with E-state index in [2.05, 4.69) is 35.7 Å². The van der Waals surface area contributed by atoms with Gasteiger partial charge in [-0.15, -0.1) is 0 Å². The van der Waals surface area contributed by atoms with Crippen LogP contribution in [0.2, 0.25) is 0 Å². The lowest BCUT2D eigenvalue weighted by Crippen LogP contribution is -2.07. The largest absolute Gasteiger partial charge is 0.380 e. The first kappa shape index (κ1) is 13.8. The van der Waals surface area contributed by atoms with Gasteiger partial charge < -0.3 is 5.32 Å². The Morgan fingerprint density at radius 1 is 1.26 bits per heavy atom. The number of fused-ring (bicyclic) bond motifs is 3. The van der Waals surface area contributed by atoms with Gasteiger partial charge >= 0.3 is 0 Å². The van der Waals surface area contributed by atoms with Crippen LogP contribution in [0, 0.1) is 27.4 Å². The molecule has 0 bridgehead atoms. The Hall–Kier alpha value is -2.87. The zero-order valence-corrected chi connectivity index (χ0v) is 12.4. The summed E-state index contributed by atoms with van der Waals surface area (Å²) in [5.41, 5.74) is 3.79. The molecule has 0 spiro atoms. The van der Waals surface area contributed by atoms with Crippen molar-refractivity contribution in [1.29, 1.82) is 5.26 Å². The number of rotatable bonds is 3. The number of hydrogen-bond acceptors (Lipinski definition) is 4. The molecule has 1 saturated carbocycles. The van der Waals surface area contributed by atoms with Gasteiger partial charge in [0.2, 0.25) is 0 Å². The molecule has 0 saturated heterocycles. The highest BCUT2D eigenvalue weighted by atomic mass is 16.6. The minimum atomic E-state index is -0.474. The van der Waals surface area contributed by atoms with E-state index in [0.717, 1.165) is 12.8 Å². The Morgan fingerprint density at radius 3 is 2.87 bits per heavy atom. The van der Waals surface area contributed by atoms with E-state index in [4.69, 9.17) is 0 Å². The average Bonchev–Trinajstić information content (AvgIpc) is 3.28. The van der Waals surface area contributed by atoms with Gasteiger partial charge in [0.15, 0.2) is 0 Å². The molecule has 3 unspecified atom stereocenters. The summed E-state index contributed by atoms with van der Waals surface area (Å²) in [5.74, 6) is 1.08. The maximum absolute atomic E-state index is 10.8. The first-order chi connectivity index (χ1) is 11.2. The van der Waals surface area contributed by atoms with Crippen LogP contribution in [-0.2, 0) is 6.42 Å². The Bertz CT molecular complexity index is 840. The Kier molecular flexibility index (Phi) is 3.05. The van der Waals surface area contributed by atoms with Crippen LogP contribution < -0.4 is 5.32 Å². The summed E-state index contributed by atoms with van der Waals surface area (Å²) < 4.78 is 0. The molecular weight excluding hydrogens is 290 g/mol. The highest BCUT2D eigenvalue weighted by Gasteiger charge is 2.53. The van der Waals surface area contributed by atoms with E-state index in [1.54, 1.807) is 6.07 Å². The summed E-state index contributed by atoms with van der Waals surface area (Å²) >= 11 is 0. The lowest BCUT2D eigenvalue weighted by Gasteiger charge is -2.13. The molecule has 0 aromatic heterocycles. The smallest absolute Gasteiger partial charge is 0.270 e. The Morgan fingerprint density at radius 2 is 2.09 bits per heavy atom. The van der Waals surface area contributed by atoms with Gasteiger partial charge in [-0.1, -0.05) is 24.3 Å². The number of nitro groups is 1. The fourth-order valence-corrected chi connectivity index (χ4v) is 3.81. The van der Waals surface area contributed by atoms with Gasteiger partial charge in [0.1, 0.15) is 6.07 Å². The fraction of sp³-hybridized carbons (Fsp3) is 0.278. The molecule has 23 heavy (non-hydrogen) atoms. The molecule has 0 amide bonds. The second-order valence-corrected chi connectivity index (χ2v) is 6.20. The highest BCUT2D eigenvalue weighted by Crippen LogP contribution is 2.55. The molecule has 3 atom stereocenters. The van der Waals surface area contributed by atoms with Crippen molar-refractivity contribution >= 4 is 11.4 Å². The van der Waals surface area contributed by atoms with Crippen LogP contribution in [0.25, 0.3) is 0 Å². The van der Waals surface area contributed by atoms with E-state index in [9.17, 15) is 15.4 Å². The van der Waals surface area contributed by atoms with Crippen molar-refractivity contribution in [1.82, 2.24) is 0 Å². The van der Waals surface area contributed by atoms with Crippen molar-refractivity contribution in [2.75, 3.05) is 5.32 Å². The van der Waals surface area contributed by atoms with Gasteiger partial charge in [0.05, 0.1) is 16.2 Å². The third-order valence-electron chi connectivity index (χ3n) is 4.99. The van der Waals surface area contributed by atoms with Crippen LogP contribution in [-0.4, -0.2) is 11.0 Å². The topological polar surface area (TPSA) is 79.0 Å². The maximum Gasteiger partial charge on any atom is 0.270 e. The van der Waals surface area contributed by atoms with Gasteiger partial charge in [0, 0.05) is 24.1 Å². The Balaban J connectivity index is 1.59. The number of anilines is 1. The zero-order valence-electron chi connectivity index (χ0n) is 12.4. The number of hydrogen-bond donors (Lipinski definition) is 1. The van der Waals surface area contributed by atoms with E-state index < -0.39 is 4.92 Å². The average molecular weight is 305 g/mol. The van der Waals surface area contributed by atoms with Crippen LogP contribution in [0.3, 0.4) is 0 Å². The third kappa shape index (κ3) is 2.23. The molecule has 0 heterocycles. The SMILES string of the molecule is N#Cc1cc([N+](=O)[O-])ccc1NC1C2CCc3ccccc3C21. The van der Waals surface area contributed by atoms with Crippen LogP contribution >= 0.6 is 0 Å². The summed E-state index contributed by atoms with van der Waals surface area (Å²) in [6, 6.07) is 15.3. The molecular formula is C18H15N3O2. The normalized spacial score (nSPS) is 24.0. The number of benzene rings is 2. The standard InChI is InChI=1S/C18H15N3O2/c19-10-12-9-13(21(22)23)6-8-16(12)20-18-15-7-5-11-3-1-2-4-14(11)17(15)18/h1-4,6,8-9,15,17-18,20H,5,7H2. The number of nitro benzene ring substituents is 1. The first-order valence-electron chi connectivity index (χ1n) is 7.72. The van der Waals surface area contributed by atoms with Crippen LogP contribution in [0.4, 0.5) is 11.4 Å². The fourth-order valence-electron chi connectivity index (χ4n) is 3.81. The summed E-state index contributed by atoms with van der Waals surface area (Å²) in [6.45, 7) is 0. The number of nitrogens with one attached hydrogen (secondary N) is 1. The molecule has 0 radical (unpaired) electrons. The predicted octanol–water partition coefficient (Wildman–Crippen LogP) is 3.61. The lowest BCUT2D eigenvalue weighted by molar-refractivity contribution is -0.384. The molecule has 1 fully saturated rings. The second kappa shape index (κ2) is 5.10. The third-order valence-corrected chi connectivity index (χ3v) is 4.99. The number of nitriles is 1. The van der Waals surface area contributed by atoms with Gasteiger partial charge in [-0.3, -0.25) is 10.1 Å². The van der Waals surface area contributed by atoms with Crippen LogP contribution in [0.1, 0.15) is 29.0 Å². The predicted molar refractivity (Wildman–Crippen MR) is 86.2 cm³/mol. The minimum absolute atomic E-state index is 0.0503. The van der Waals surface area contributed by atoms with Crippen molar-refractivity contribution in [3.8, 4) is 6.07 Å². The van der Waals surface area contributed by atoms with E-state index in [1.165, 1.54) is 23.3 Å². The van der Waals surface area contributed by atoms with E-state index >= 15 is 0 Å². The van der Waals surface area contributed by atoms with Crippen LogP contribution in [0.5, 0.6) is 0 Å². The highest BCUT2D eigenvalue weighted by molar-refractivity contribution is 5.63. The molecule has 5 nitrogen and oxygen atoms in total. The maximum atomic E-state index is 10.8. The minimum Gasteiger partial charge on any atom is -0.380 e. The number of aryl methyl sites for hydroxylation is 1. The summed E-state index contributed by atoms with van der Waals surface area (Å²) in [6.07, 6.45) is 2.25. The molecule has 2 aromatic rings.